The highest BCUT2D eigenvalue weighted by Gasteiger charge is 2.18. The molecule has 0 radical (unpaired) electrons. The summed E-state index contributed by atoms with van der Waals surface area (Å²) < 4.78 is 7.66. The summed E-state index contributed by atoms with van der Waals surface area (Å²) in [6, 6.07) is 6.47. The van der Waals surface area contributed by atoms with Gasteiger partial charge in [-0.25, -0.2) is 4.98 Å². The van der Waals surface area contributed by atoms with E-state index in [4.69, 9.17) is 4.74 Å². The van der Waals surface area contributed by atoms with Crippen molar-refractivity contribution >= 4 is 16.9 Å². The fourth-order valence-electron chi connectivity index (χ4n) is 4.25. The Morgan fingerprint density at radius 3 is 2.81 bits per heavy atom. The van der Waals surface area contributed by atoms with Gasteiger partial charge in [0.05, 0.1) is 30.6 Å². The molecule has 2 aromatic rings. The van der Waals surface area contributed by atoms with Crippen molar-refractivity contribution in [3.63, 3.8) is 0 Å². The lowest BCUT2D eigenvalue weighted by molar-refractivity contribution is 0.0374. The number of carbonyl (C=O) groups excluding carboxylic acids is 1. The first-order valence-electron chi connectivity index (χ1n) is 10.4. The fraction of sp³-hybridized carbons (Fsp3) is 0.619. The van der Waals surface area contributed by atoms with Crippen LogP contribution in [-0.4, -0.2) is 59.8 Å². The molecule has 1 aliphatic carbocycles. The number of hydrogen-bond donors (Lipinski definition) is 1. The van der Waals surface area contributed by atoms with E-state index < -0.39 is 0 Å². The Balaban J connectivity index is 1.32. The number of morpholine rings is 1. The number of amides is 1. The third kappa shape index (κ3) is 4.50. The lowest BCUT2D eigenvalue weighted by Gasteiger charge is -2.26. The van der Waals surface area contributed by atoms with Gasteiger partial charge in [-0.15, -0.1) is 0 Å². The van der Waals surface area contributed by atoms with Crippen LogP contribution in [0.15, 0.2) is 24.5 Å². The van der Waals surface area contributed by atoms with Gasteiger partial charge in [-0.05, 0) is 44.0 Å². The molecule has 27 heavy (non-hydrogen) atoms. The van der Waals surface area contributed by atoms with Crippen LogP contribution in [0, 0.1) is 0 Å². The van der Waals surface area contributed by atoms with E-state index >= 15 is 0 Å². The lowest BCUT2D eigenvalue weighted by atomic mass is 9.95. The molecule has 0 bridgehead atoms. The van der Waals surface area contributed by atoms with Crippen molar-refractivity contribution in [2.75, 3.05) is 39.4 Å². The molecule has 146 valence electrons. The van der Waals surface area contributed by atoms with Crippen molar-refractivity contribution in [1.82, 2.24) is 19.8 Å². The molecule has 1 saturated carbocycles. The number of imidazole rings is 1. The predicted octanol–water partition coefficient (Wildman–Crippen LogP) is 2.99. The maximum Gasteiger partial charge on any atom is 0.251 e. The van der Waals surface area contributed by atoms with Crippen molar-refractivity contribution in [1.29, 1.82) is 0 Å². The zero-order valence-corrected chi connectivity index (χ0v) is 16.0. The van der Waals surface area contributed by atoms with E-state index in [-0.39, 0.29) is 5.91 Å². The topological polar surface area (TPSA) is 59.4 Å². The van der Waals surface area contributed by atoms with Gasteiger partial charge in [-0.1, -0.05) is 19.3 Å². The average molecular weight is 370 g/mol. The number of aromatic nitrogens is 2. The Kier molecular flexibility index (Phi) is 6.04. The van der Waals surface area contributed by atoms with Gasteiger partial charge in [-0.2, -0.15) is 0 Å². The van der Waals surface area contributed by atoms with Crippen LogP contribution < -0.4 is 5.32 Å². The van der Waals surface area contributed by atoms with E-state index in [2.05, 4.69) is 25.8 Å². The second-order valence-corrected chi connectivity index (χ2v) is 7.71. The summed E-state index contributed by atoms with van der Waals surface area (Å²) in [6.07, 6.45) is 9.33. The number of nitrogens with zero attached hydrogens (tertiary/aromatic N) is 3. The SMILES string of the molecule is O=C(NCCCN1CCOCC1)c1ccc2c(c1)ncn2C1CCCCC1. The maximum absolute atomic E-state index is 12.5. The van der Waals surface area contributed by atoms with Crippen LogP contribution >= 0.6 is 0 Å². The Labute approximate surface area is 160 Å². The van der Waals surface area contributed by atoms with E-state index in [9.17, 15) is 4.79 Å². The Bertz CT molecular complexity index is 761. The van der Waals surface area contributed by atoms with Gasteiger partial charge in [0.15, 0.2) is 0 Å². The minimum atomic E-state index is -0.00825. The number of ether oxygens (including phenoxy) is 1. The third-order valence-corrected chi connectivity index (χ3v) is 5.85. The van der Waals surface area contributed by atoms with Crippen LogP contribution in [0.2, 0.25) is 0 Å². The van der Waals surface area contributed by atoms with Gasteiger partial charge < -0.3 is 14.6 Å². The van der Waals surface area contributed by atoms with Gasteiger partial charge in [0.2, 0.25) is 0 Å². The predicted molar refractivity (Wildman–Crippen MR) is 106 cm³/mol. The Hall–Kier alpha value is -1.92. The minimum Gasteiger partial charge on any atom is -0.379 e. The van der Waals surface area contributed by atoms with E-state index in [0.29, 0.717) is 18.2 Å². The van der Waals surface area contributed by atoms with Gasteiger partial charge in [0, 0.05) is 31.2 Å². The Morgan fingerprint density at radius 2 is 2.00 bits per heavy atom. The summed E-state index contributed by atoms with van der Waals surface area (Å²) in [7, 11) is 0. The van der Waals surface area contributed by atoms with Gasteiger partial charge in [-0.3, -0.25) is 9.69 Å². The van der Waals surface area contributed by atoms with E-state index in [0.717, 1.165) is 50.3 Å². The molecule has 2 heterocycles. The summed E-state index contributed by atoms with van der Waals surface area (Å²) in [5.41, 5.74) is 2.76. The molecule has 1 saturated heterocycles. The van der Waals surface area contributed by atoms with Gasteiger partial charge >= 0.3 is 0 Å². The summed E-state index contributed by atoms with van der Waals surface area (Å²) in [5.74, 6) is -0.00825. The van der Waals surface area contributed by atoms with Crippen molar-refractivity contribution < 1.29 is 9.53 Å². The van der Waals surface area contributed by atoms with Crippen molar-refractivity contribution in [3.05, 3.63) is 30.1 Å². The van der Waals surface area contributed by atoms with Crippen LogP contribution in [0.1, 0.15) is 54.9 Å². The van der Waals surface area contributed by atoms with Crippen LogP contribution in [-0.2, 0) is 4.74 Å². The maximum atomic E-state index is 12.5. The molecule has 1 aliphatic heterocycles. The quantitative estimate of drug-likeness (QED) is 0.794. The highest BCUT2D eigenvalue weighted by atomic mass is 16.5. The first-order chi connectivity index (χ1) is 13.3. The highest BCUT2D eigenvalue weighted by molar-refractivity contribution is 5.97. The molecule has 2 aliphatic rings. The van der Waals surface area contributed by atoms with Crippen LogP contribution in [0.5, 0.6) is 0 Å². The summed E-state index contributed by atoms with van der Waals surface area (Å²) in [4.78, 5) is 19.4. The number of benzene rings is 1. The highest BCUT2D eigenvalue weighted by Crippen LogP contribution is 2.30. The molecule has 1 amide bonds. The number of rotatable bonds is 6. The fourth-order valence-corrected chi connectivity index (χ4v) is 4.25. The molecular formula is C21H30N4O2. The molecule has 6 heteroatoms. The zero-order valence-electron chi connectivity index (χ0n) is 16.0. The Morgan fingerprint density at radius 1 is 1.19 bits per heavy atom. The van der Waals surface area contributed by atoms with Crippen LogP contribution in [0.3, 0.4) is 0 Å². The van der Waals surface area contributed by atoms with E-state index in [1.807, 2.05) is 18.5 Å². The van der Waals surface area contributed by atoms with Crippen LogP contribution in [0.4, 0.5) is 0 Å². The molecule has 1 aromatic carbocycles. The molecule has 0 unspecified atom stereocenters. The molecule has 0 atom stereocenters. The smallest absolute Gasteiger partial charge is 0.251 e. The number of fused-ring (bicyclic) bond motifs is 1. The second-order valence-electron chi connectivity index (χ2n) is 7.71. The average Bonchev–Trinajstić information content (AvgIpc) is 3.16. The van der Waals surface area contributed by atoms with Gasteiger partial charge in [0.25, 0.3) is 5.91 Å². The van der Waals surface area contributed by atoms with E-state index in [1.54, 1.807) is 0 Å². The number of hydrogen-bond acceptors (Lipinski definition) is 4. The normalized spacial score (nSPS) is 19.4. The standard InChI is InChI=1S/C21H30N4O2/c26-21(22-9-4-10-24-11-13-27-14-12-24)17-7-8-20-19(15-17)23-16-25(20)18-5-2-1-3-6-18/h7-8,15-16,18H,1-6,9-14H2,(H,22,26). The summed E-state index contributed by atoms with van der Waals surface area (Å²) in [5, 5.41) is 3.04. The number of carbonyl (C=O) groups is 1. The van der Waals surface area contributed by atoms with Gasteiger partial charge in [0.1, 0.15) is 0 Å². The molecule has 1 aromatic heterocycles. The largest absolute Gasteiger partial charge is 0.379 e. The van der Waals surface area contributed by atoms with Crippen molar-refractivity contribution in [3.8, 4) is 0 Å². The van der Waals surface area contributed by atoms with Crippen molar-refractivity contribution in [2.45, 2.75) is 44.6 Å². The van der Waals surface area contributed by atoms with E-state index in [1.165, 1.54) is 32.1 Å². The molecule has 2 fully saturated rings. The lowest BCUT2D eigenvalue weighted by Crippen LogP contribution is -2.38. The van der Waals surface area contributed by atoms with Crippen molar-refractivity contribution in [2.24, 2.45) is 0 Å². The summed E-state index contributed by atoms with van der Waals surface area (Å²) in [6.45, 7) is 5.33. The molecule has 4 rings (SSSR count). The monoisotopic (exact) mass is 370 g/mol. The first kappa shape index (κ1) is 18.4. The first-order valence-corrected chi connectivity index (χ1v) is 10.4. The number of nitrogens with one attached hydrogen (secondary N) is 1. The molecular weight excluding hydrogens is 340 g/mol. The van der Waals surface area contributed by atoms with Crippen LogP contribution in [0.25, 0.3) is 11.0 Å². The zero-order chi connectivity index (χ0) is 18.5. The summed E-state index contributed by atoms with van der Waals surface area (Å²) >= 11 is 0. The molecule has 1 N–H and O–H groups in total. The second kappa shape index (κ2) is 8.85. The third-order valence-electron chi connectivity index (χ3n) is 5.85. The minimum absolute atomic E-state index is 0.00825. The molecule has 6 nitrogen and oxygen atoms in total. The molecule has 0 spiro atoms.